The molecule has 0 spiro atoms. The average molecular weight is 267 g/mol. The van der Waals surface area contributed by atoms with Gasteiger partial charge >= 0.3 is 12.0 Å². The first-order chi connectivity index (χ1) is 9.11. The van der Waals surface area contributed by atoms with Crippen LogP contribution in [-0.4, -0.2) is 36.4 Å². The Morgan fingerprint density at radius 3 is 3.16 bits per heavy atom. The SMILES string of the molecule is CCCc1cc(N2C(=O)NCC2COC(C)=O)no1. The zero-order valence-corrected chi connectivity index (χ0v) is 11.0. The highest BCUT2D eigenvalue weighted by molar-refractivity contribution is 5.94. The summed E-state index contributed by atoms with van der Waals surface area (Å²) < 4.78 is 10.1. The Balaban J connectivity index is 2.09. The van der Waals surface area contributed by atoms with Crippen LogP contribution in [0.1, 0.15) is 26.0 Å². The van der Waals surface area contributed by atoms with Gasteiger partial charge in [0.15, 0.2) is 5.82 Å². The molecule has 1 aromatic rings. The largest absolute Gasteiger partial charge is 0.464 e. The molecule has 2 heterocycles. The van der Waals surface area contributed by atoms with Gasteiger partial charge in [0.2, 0.25) is 0 Å². The van der Waals surface area contributed by atoms with Crippen LogP contribution < -0.4 is 10.2 Å². The van der Waals surface area contributed by atoms with Crippen molar-refractivity contribution in [2.75, 3.05) is 18.1 Å². The van der Waals surface area contributed by atoms with E-state index in [2.05, 4.69) is 10.5 Å². The first-order valence-corrected chi connectivity index (χ1v) is 6.27. The van der Waals surface area contributed by atoms with Gasteiger partial charge in [-0.15, -0.1) is 0 Å². The number of hydrogen-bond donors (Lipinski definition) is 1. The van der Waals surface area contributed by atoms with E-state index in [1.54, 1.807) is 6.07 Å². The van der Waals surface area contributed by atoms with E-state index in [0.29, 0.717) is 12.4 Å². The molecule has 7 heteroatoms. The van der Waals surface area contributed by atoms with Crippen LogP contribution in [0.3, 0.4) is 0 Å². The van der Waals surface area contributed by atoms with Gasteiger partial charge in [-0.25, -0.2) is 4.79 Å². The molecule has 2 rings (SSSR count). The van der Waals surface area contributed by atoms with Gasteiger partial charge < -0.3 is 14.6 Å². The Hall–Kier alpha value is -2.05. The second-order valence-electron chi connectivity index (χ2n) is 4.41. The van der Waals surface area contributed by atoms with E-state index >= 15 is 0 Å². The third kappa shape index (κ3) is 3.04. The molecule has 1 aliphatic heterocycles. The van der Waals surface area contributed by atoms with Crippen LogP contribution in [0.25, 0.3) is 0 Å². The number of carbonyl (C=O) groups excluding carboxylic acids is 2. The van der Waals surface area contributed by atoms with Gasteiger partial charge in [0, 0.05) is 26.0 Å². The molecule has 104 valence electrons. The molecule has 1 aliphatic rings. The quantitative estimate of drug-likeness (QED) is 0.807. The molecule has 1 N–H and O–H groups in total. The summed E-state index contributed by atoms with van der Waals surface area (Å²) in [6, 6.07) is 1.24. The Kier molecular flexibility index (Phi) is 4.03. The lowest BCUT2D eigenvalue weighted by molar-refractivity contribution is -0.141. The lowest BCUT2D eigenvalue weighted by Crippen LogP contribution is -2.37. The Bertz CT molecular complexity index is 471. The van der Waals surface area contributed by atoms with Crippen molar-refractivity contribution in [1.29, 1.82) is 0 Å². The maximum absolute atomic E-state index is 11.8. The number of ether oxygens (including phenoxy) is 1. The Labute approximate surface area is 110 Å². The fourth-order valence-electron chi connectivity index (χ4n) is 1.97. The first kappa shape index (κ1) is 13.4. The number of aromatic nitrogens is 1. The molecule has 1 aromatic heterocycles. The van der Waals surface area contributed by atoms with Gasteiger partial charge in [0.1, 0.15) is 12.4 Å². The van der Waals surface area contributed by atoms with E-state index in [9.17, 15) is 9.59 Å². The fourth-order valence-corrected chi connectivity index (χ4v) is 1.97. The fraction of sp³-hybridized carbons (Fsp3) is 0.583. The van der Waals surface area contributed by atoms with Crippen LogP contribution in [0.15, 0.2) is 10.6 Å². The first-order valence-electron chi connectivity index (χ1n) is 6.27. The van der Waals surface area contributed by atoms with Gasteiger partial charge in [0.05, 0.1) is 6.04 Å². The van der Waals surface area contributed by atoms with Crippen molar-refractivity contribution in [1.82, 2.24) is 10.5 Å². The zero-order chi connectivity index (χ0) is 13.8. The second-order valence-corrected chi connectivity index (χ2v) is 4.41. The molecule has 0 aliphatic carbocycles. The minimum atomic E-state index is -0.369. The number of esters is 1. The average Bonchev–Trinajstić information content (AvgIpc) is 2.94. The van der Waals surface area contributed by atoms with Crippen LogP contribution in [0.5, 0.6) is 0 Å². The van der Waals surface area contributed by atoms with E-state index in [4.69, 9.17) is 9.26 Å². The van der Waals surface area contributed by atoms with Crippen LogP contribution in [0.4, 0.5) is 10.6 Å². The predicted molar refractivity (Wildman–Crippen MR) is 66.8 cm³/mol. The molecule has 0 bridgehead atoms. The summed E-state index contributed by atoms with van der Waals surface area (Å²) in [6.07, 6.45) is 1.72. The molecular weight excluding hydrogens is 250 g/mol. The molecule has 0 radical (unpaired) electrons. The van der Waals surface area contributed by atoms with E-state index in [1.165, 1.54) is 11.8 Å². The lowest BCUT2D eigenvalue weighted by atomic mass is 10.2. The number of amides is 2. The summed E-state index contributed by atoms with van der Waals surface area (Å²) >= 11 is 0. The van der Waals surface area contributed by atoms with E-state index in [-0.39, 0.29) is 24.6 Å². The Morgan fingerprint density at radius 1 is 1.68 bits per heavy atom. The predicted octanol–water partition coefficient (Wildman–Crippen LogP) is 1.09. The van der Waals surface area contributed by atoms with Crippen LogP contribution in [0.2, 0.25) is 0 Å². The molecule has 7 nitrogen and oxygen atoms in total. The number of aryl methyl sites for hydroxylation is 1. The topological polar surface area (TPSA) is 84.7 Å². The summed E-state index contributed by atoms with van der Waals surface area (Å²) in [5.74, 6) is 0.824. The number of rotatable bonds is 5. The van der Waals surface area contributed by atoms with E-state index in [1.807, 2.05) is 6.92 Å². The van der Waals surface area contributed by atoms with Gasteiger partial charge in [0.25, 0.3) is 0 Å². The van der Waals surface area contributed by atoms with E-state index < -0.39 is 0 Å². The van der Waals surface area contributed by atoms with Crippen LogP contribution in [0, 0.1) is 0 Å². The third-order valence-corrected chi connectivity index (χ3v) is 2.84. The van der Waals surface area contributed by atoms with Crippen molar-refractivity contribution in [3.05, 3.63) is 11.8 Å². The highest BCUT2D eigenvalue weighted by Crippen LogP contribution is 2.21. The van der Waals surface area contributed by atoms with Crippen molar-refractivity contribution in [2.24, 2.45) is 0 Å². The molecule has 0 aromatic carbocycles. The minimum absolute atomic E-state index is 0.143. The Morgan fingerprint density at radius 2 is 2.47 bits per heavy atom. The lowest BCUT2D eigenvalue weighted by Gasteiger charge is -2.19. The van der Waals surface area contributed by atoms with Crippen molar-refractivity contribution in [3.8, 4) is 0 Å². The summed E-state index contributed by atoms with van der Waals surface area (Å²) in [5, 5.41) is 6.59. The van der Waals surface area contributed by atoms with Crippen molar-refractivity contribution in [2.45, 2.75) is 32.7 Å². The van der Waals surface area contributed by atoms with Crippen molar-refractivity contribution >= 4 is 17.8 Å². The van der Waals surface area contributed by atoms with Crippen LogP contribution in [-0.2, 0) is 16.0 Å². The smallest absolute Gasteiger partial charge is 0.323 e. The molecule has 0 saturated carbocycles. The number of carbonyl (C=O) groups is 2. The normalized spacial score (nSPS) is 18.5. The molecule has 1 atom stereocenters. The molecule has 1 unspecified atom stereocenters. The minimum Gasteiger partial charge on any atom is -0.464 e. The molecular formula is C12H17N3O4. The maximum Gasteiger partial charge on any atom is 0.323 e. The van der Waals surface area contributed by atoms with E-state index in [0.717, 1.165) is 18.6 Å². The highest BCUT2D eigenvalue weighted by Gasteiger charge is 2.34. The summed E-state index contributed by atoms with van der Waals surface area (Å²) in [6.45, 7) is 3.93. The van der Waals surface area contributed by atoms with Gasteiger partial charge in [-0.2, -0.15) is 0 Å². The molecule has 19 heavy (non-hydrogen) atoms. The molecule has 2 amide bonds. The standard InChI is InChI=1S/C12H17N3O4/c1-3-4-10-5-11(14-19-10)15-9(6-13-12(15)17)7-18-8(2)16/h5,9H,3-4,6-7H2,1-2H3,(H,13,17). The number of anilines is 1. The maximum atomic E-state index is 11.8. The highest BCUT2D eigenvalue weighted by atomic mass is 16.5. The summed E-state index contributed by atoms with van der Waals surface area (Å²) in [7, 11) is 0. The third-order valence-electron chi connectivity index (χ3n) is 2.84. The van der Waals surface area contributed by atoms with Crippen LogP contribution >= 0.6 is 0 Å². The van der Waals surface area contributed by atoms with Crippen molar-refractivity contribution < 1.29 is 18.8 Å². The zero-order valence-electron chi connectivity index (χ0n) is 11.0. The number of nitrogens with zero attached hydrogens (tertiary/aromatic N) is 2. The molecule has 1 fully saturated rings. The van der Waals surface area contributed by atoms with Crippen molar-refractivity contribution in [3.63, 3.8) is 0 Å². The van der Waals surface area contributed by atoms with Gasteiger partial charge in [-0.1, -0.05) is 12.1 Å². The van der Waals surface area contributed by atoms with Gasteiger partial charge in [-0.05, 0) is 6.42 Å². The number of urea groups is 1. The molecule has 1 saturated heterocycles. The number of hydrogen-bond acceptors (Lipinski definition) is 5. The van der Waals surface area contributed by atoms with Gasteiger partial charge in [-0.3, -0.25) is 9.69 Å². The summed E-state index contributed by atoms with van der Waals surface area (Å²) in [5.41, 5.74) is 0. The summed E-state index contributed by atoms with van der Waals surface area (Å²) in [4.78, 5) is 24.1. The number of nitrogens with one attached hydrogen (secondary N) is 1. The monoisotopic (exact) mass is 267 g/mol. The second kappa shape index (κ2) is 5.73.